The number of ether oxygens (including phenoxy) is 1. The minimum absolute atomic E-state index is 0.00234. The zero-order chi connectivity index (χ0) is 14.9. The van der Waals surface area contributed by atoms with Gasteiger partial charge in [-0.15, -0.1) is 0 Å². The predicted molar refractivity (Wildman–Crippen MR) is 76.6 cm³/mol. The molecule has 0 bridgehead atoms. The SMILES string of the molecule is CCn1c(C(=O)O)cc(=O)c2cc(OC(C)C)ccc21. The second-order valence-electron chi connectivity index (χ2n) is 4.79. The van der Waals surface area contributed by atoms with Gasteiger partial charge < -0.3 is 14.4 Å². The van der Waals surface area contributed by atoms with Crippen molar-refractivity contribution in [3.63, 3.8) is 0 Å². The lowest BCUT2D eigenvalue weighted by Gasteiger charge is -2.14. The first-order valence-electron chi connectivity index (χ1n) is 6.51. The molecule has 1 heterocycles. The standard InChI is InChI=1S/C15H17NO4/c1-4-16-12-6-5-10(20-9(2)3)7-11(12)14(17)8-13(16)15(18)19/h5-9H,4H2,1-3H3,(H,18,19). The Hall–Kier alpha value is -2.30. The van der Waals surface area contributed by atoms with Gasteiger partial charge in [0.25, 0.3) is 0 Å². The maximum Gasteiger partial charge on any atom is 0.352 e. The van der Waals surface area contributed by atoms with Gasteiger partial charge in [-0.2, -0.15) is 0 Å². The van der Waals surface area contributed by atoms with Crippen LogP contribution < -0.4 is 10.2 Å². The summed E-state index contributed by atoms with van der Waals surface area (Å²) in [4.78, 5) is 23.3. The first kappa shape index (κ1) is 14.1. The van der Waals surface area contributed by atoms with Gasteiger partial charge in [0.2, 0.25) is 0 Å². The minimum atomic E-state index is -1.10. The van der Waals surface area contributed by atoms with Crippen LogP contribution in [0.3, 0.4) is 0 Å². The van der Waals surface area contributed by atoms with Gasteiger partial charge in [-0.3, -0.25) is 4.79 Å². The van der Waals surface area contributed by atoms with Gasteiger partial charge in [0.15, 0.2) is 5.43 Å². The summed E-state index contributed by atoms with van der Waals surface area (Å²) in [6, 6.07) is 6.30. The Morgan fingerprint density at radius 2 is 2.05 bits per heavy atom. The Bertz CT molecular complexity index is 716. The van der Waals surface area contributed by atoms with E-state index in [1.165, 1.54) is 0 Å². The van der Waals surface area contributed by atoms with E-state index in [2.05, 4.69) is 0 Å². The number of pyridine rings is 1. The normalized spacial score (nSPS) is 11.0. The van der Waals surface area contributed by atoms with E-state index < -0.39 is 5.97 Å². The highest BCUT2D eigenvalue weighted by atomic mass is 16.5. The highest BCUT2D eigenvalue weighted by Crippen LogP contribution is 2.20. The number of carboxylic acid groups (broad SMARTS) is 1. The molecule has 1 aromatic heterocycles. The number of aromatic carboxylic acids is 1. The van der Waals surface area contributed by atoms with Gasteiger partial charge in [-0.25, -0.2) is 4.79 Å². The largest absolute Gasteiger partial charge is 0.491 e. The van der Waals surface area contributed by atoms with E-state index in [1.807, 2.05) is 20.8 Å². The number of aryl methyl sites for hydroxylation is 1. The highest BCUT2D eigenvalue weighted by Gasteiger charge is 2.14. The highest BCUT2D eigenvalue weighted by molar-refractivity contribution is 5.91. The molecule has 5 nitrogen and oxygen atoms in total. The minimum Gasteiger partial charge on any atom is -0.491 e. The Labute approximate surface area is 116 Å². The summed E-state index contributed by atoms with van der Waals surface area (Å²) in [5.74, 6) is -0.497. The van der Waals surface area contributed by atoms with E-state index in [-0.39, 0.29) is 17.2 Å². The number of rotatable bonds is 4. The van der Waals surface area contributed by atoms with Crippen molar-refractivity contribution in [2.75, 3.05) is 0 Å². The number of hydrogen-bond donors (Lipinski definition) is 1. The fourth-order valence-electron chi connectivity index (χ4n) is 2.22. The maximum atomic E-state index is 12.1. The molecule has 0 amide bonds. The van der Waals surface area contributed by atoms with E-state index in [1.54, 1.807) is 22.8 Å². The molecule has 0 saturated heterocycles. The van der Waals surface area contributed by atoms with Gasteiger partial charge in [0, 0.05) is 18.0 Å². The quantitative estimate of drug-likeness (QED) is 0.930. The zero-order valence-corrected chi connectivity index (χ0v) is 11.7. The lowest BCUT2D eigenvalue weighted by atomic mass is 10.1. The third-order valence-corrected chi connectivity index (χ3v) is 2.99. The Balaban J connectivity index is 2.72. The third kappa shape index (κ3) is 2.52. The molecule has 0 fully saturated rings. The number of carbonyl (C=O) groups is 1. The fraction of sp³-hybridized carbons (Fsp3) is 0.333. The molecule has 0 aliphatic heterocycles. The molecule has 2 rings (SSSR count). The fourth-order valence-corrected chi connectivity index (χ4v) is 2.22. The molecule has 0 radical (unpaired) electrons. The second-order valence-corrected chi connectivity index (χ2v) is 4.79. The molecular formula is C15H17NO4. The second kappa shape index (κ2) is 5.36. The van der Waals surface area contributed by atoms with E-state index in [0.717, 1.165) is 6.07 Å². The molecule has 2 aromatic rings. The average molecular weight is 275 g/mol. The summed E-state index contributed by atoms with van der Waals surface area (Å²) in [6.07, 6.45) is 0.0131. The molecule has 5 heteroatoms. The van der Waals surface area contributed by atoms with E-state index in [4.69, 9.17) is 9.84 Å². The van der Waals surface area contributed by atoms with Crippen LogP contribution in [0.4, 0.5) is 0 Å². The maximum absolute atomic E-state index is 12.1. The van der Waals surface area contributed by atoms with Crippen LogP contribution in [0, 0.1) is 0 Å². The van der Waals surface area contributed by atoms with Crippen molar-refractivity contribution in [1.82, 2.24) is 4.57 Å². The molecule has 1 N–H and O–H groups in total. The Morgan fingerprint density at radius 1 is 1.35 bits per heavy atom. The third-order valence-electron chi connectivity index (χ3n) is 2.99. The topological polar surface area (TPSA) is 68.5 Å². The molecule has 0 atom stereocenters. The van der Waals surface area contributed by atoms with E-state index in [0.29, 0.717) is 23.2 Å². The number of hydrogen-bond acceptors (Lipinski definition) is 3. The van der Waals surface area contributed by atoms with Crippen molar-refractivity contribution >= 4 is 16.9 Å². The van der Waals surface area contributed by atoms with Crippen LogP contribution in [-0.2, 0) is 6.54 Å². The zero-order valence-electron chi connectivity index (χ0n) is 11.7. The molecular weight excluding hydrogens is 258 g/mol. The van der Waals surface area contributed by atoms with Crippen molar-refractivity contribution in [3.05, 3.63) is 40.2 Å². The number of benzene rings is 1. The van der Waals surface area contributed by atoms with Crippen LogP contribution in [-0.4, -0.2) is 21.7 Å². The predicted octanol–water partition coefficient (Wildman–Crippen LogP) is 2.51. The van der Waals surface area contributed by atoms with Crippen LogP contribution in [0.1, 0.15) is 31.3 Å². The summed E-state index contributed by atoms with van der Waals surface area (Å²) < 4.78 is 7.17. The molecule has 106 valence electrons. The smallest absolute Gasteiger partial charge is 0.352 e. The first-order chi connectivity index (χ1) is 9.43. The van der Waals surface area contributed by atoms with Crippen LogP contribution in [0.25, 0.3) is 10.9 Å². The summed E-state index contributed by atoms with van der Waals surface area (Å²) in [7, 11) is 0. The van der Waals surface area contributed by atoms with Gasteiger partial charge in [0.1, 0.15) is 11.4 Å². The van der Waals surface area contributed by atoms with Crippen molar-refractivity contribution in [2.24, 2.45) is 0 Å². The lowest BCUT2D eigenvalue weighted by molar-refractivity contribution is 0.0685. The molecule has 1 aromatic carbocycles. The lowest BCUT2D eigenvalue weighted by Crippen LogP contribution is -2.17. The summed E-state index contributed by atoms with van der Waals surface area (Å²) in [5.41, 5.74) is 0.298. The van der Waals surface area contributed by atoms with Gasteiger partial charge in [-0.05, 0) is 39.0 Å². The summed E-state index contributed by atoms with van der Waals surface area (Å²) in [5, 5.41) is 9.64. The van der Waals surface area contributed by atoms with Crippen molar-refractivity contribution < 1.29 is 14.6 Å². The summed E-state index contributed by atoms with van der Waals surface area (Å²) in [6.45, 7) is 6.13. The van der Waals surface area contributed by atoms with Gasteiger partial charge in [0.05, 0.1) is 11.6 Å². The molecule has 0 saturated carbocycles. The number of aromatic nitrogens is 1. The van der Waals surface area contributed by atoms with Crippen LogP contribution in [0.5, 0.6) is 5.75 Å². The molecule has 0 spiro atoms. The number of carboxylic acids is 1. The van der Waals surface area contributed by atoms with Crippen molar-refractivity contribution in [1.29, 1.82) is 0 Å². The Morgan fingerprint density at radius 3 is 2.60 bits per heavy atom. The van der Waals surface area contributed by atoms with Crippen LogP contribution >= 0.6 is 0 Å². The van der Waals surface area contributed by atoms with Crippen LogP contribution in [0.15, 0.2) is 29.1 Å². The average Bonchev–Trinajstić information content (AvgIpc) is 2.38. The summed E-state index contributed by atoms with van der Waals surface area (Å²) >= 11 is 0. The monoisotopic (exact) mass is 275 g/mol. The molecule has 0 aliphatic carbocycles. The van der Waals surface area contributed by atoms with E-state index >= 15 is 0 Å². The van der Waals surface area contributed by atoms with Crippen LogP contribution in [0.2, 0.25) is 0 Å². The number of nitrogens with zero attached hydrogens (tertiary/aromatic N) is 1. The van der Waals surface area contributed by atoms with Gasteiger partial charge >= 0.3 is 5.97 Å². The Kier molecular flexibility index (Phi) is 3.79. The first-order valence-corrected chi connectivity index (χ1v) is 6.51. The number of fused-ring (bicyclic) bond motifs is 1. The molecule has 0 aliphatic rings. The van der Waals surface area contributed by atoms with E-state index in [9.17, 15) is 9.59 Å². The molecule has 20 heavy (non-hydrogen) atoms. The van der Waals surface area contributed by atoms with Gasteiger partial charge in [-0.1, -0.05) is 0 Å². The molecule has 0 unspecified atom stereocenters. The van der Waals surface area contributed by atoms with Crippen molar-refractivity contribution in [3.8, 4) is 5.75 Å². The van der Waals surface area contributed by atoms with Crippen molar-refractivity contribution in [2.45, 2.75) is 33.4 Å².